The highest BCUT2D eigenvalue weighted by atomic mass is 16.6. The van der Waals surface area contributed by atoms with Gasteiger partial charge in [-0.2, -0.15) is 5.26 Å². The van der Waals surface area contributed by atoms with Gasteiger partial charge in [0.1, 0.15) is 6.07 Å². The first kappa shape index (κ1) is 11.3. The number of carboxylic acids is 1. The van der Waals surface area contributed by atoms with Crippen LogP contribution in [0, 0.1) is 17.2 Å². The minimum absolute atomic E-state index is 0.266. The molecule has 15 heavy (non-hydrogen) atoms. The molecule has 0 aromatic heterocycles. The van der Waals surface area contributed by atoms with E-state index in [1.165, 1.54) is 4.90 Å². The molecule has 1 heterocycles. The monoisotopic (exact) mass is 212 g/mol. The van der Waals surface area contributed by atoms with E-state index >= 15 is 0 Å². The fourth-order valence-electron chi connectivity index (χ4n) is 1.49. The van der Waals surface area contributed by atoms with Crippen molar-refractivity contribution in [3.8, 4) is 6.07 Å². The van der Waals surface area contributed by atoms with Gasteiger partial charge in [-0.3, -0.25) is 4.79 Å². The van der Waals surface area contributed by atoms with E-state index in [-0.39, 0.29) is 12.5 Å². The van der Waals surface area contributed by atoms with Gasteiger partial charge in [-0.1, -0.05) is 0 Å². The van der Waals surface area contributed by atoms with Crippen LogP contribution in [0.5, 0.6) is 0 Å². The molecule has 1 aliphatic rings. The number of likely N-dealkylation sites (tertiary alicyclic amines) is 1. The number of carboxylic acid groups (broad SMARTS) is 1. The molecule has 6 heteroatoms. The van der Waals surface area contributed by atoms with Crippen LogP contribution in [0.25, 0.3) is 0 Å². The Balaban J connectivity index is 2.34. The summed E-state index contributed by atoms with van der Waals surface area (Å²) in [5, 5.41) is 16.9. The highest BCUT2D eigenvalue weighted by Crippen LogP contribution is 2.17. The summed E-state index contributed by atoms with van der Waals surface area (Å²) in [5.74, 6) is -1.19. The van der Waals surface area contributed by atoms with Gasteiger partial charge in [-0.05, 0) is 12.8 Å². The fraction of sp³-hybridized carbons (Fsp3) is 0.667. The van der Waals surface area contributed by atoms with Crippen molar-refractivity contribution in [1.29, 1.82) is 5.26 Å². The molecule has 1 amide bonds. The Morgan fingerprint density at radius 1 is 1.47 bits per heavy atom. The molecule has 0 atom stereocenters. The lowest BCUT2D eigenvalue weighted by Gasteiger charge is -2.28. The molecule has 0 aliphatic carbocycles. The normalized spacial score (nSPS) is 16.9. The molecule has 0 aromatic rings. The van der Waals surface area contributed by atoms with Crippen molar-refractivity contribution in [2.24, 2.45) is 5.92 Å². The van der Waals surface area contributed by atoms with Gasteiger partial charge in [0.05, 0.1) is 5.92 Å². The lowest BCUT2D eigenvalue weighted by Crippen LogP contribution is -2.40. The molecular formula is C9H12N2O4. The van der Waals surface area contributed by atoms with E-state index in [0.29, 0.717) is 25.9 Å². The van der Waals surface area contributed by atoms with E-state index in [0.717, 1.165) is 0 Å². The largest absolute Gasteiger partial charge is 0.481 e. The van der Waals surface area contributed by atoms with Crippen LogP contribution in [-0.4, -0.2) is 41.8 Å². The van der Waals surface area contributed by atoms with Crippen LogP contribution >= 0.6 is 0 Å². The number of piperidine rings is 1. The molecule has 1 aliphatic heterocycles. The minimum Gasteiger partial charge on any atom is -0.481 e. The average molecular weight is 212 g/mol. The molecule has 0 saturated carbocycles. The summed E-state index contributed by atoms with van der Waals surface area (Å²) in [4.78, 5) is 23.3. The molecular weight excluding hydrogens is 200 g/mol. The third-order valence-corrected chi connectivity index (χ3v) is 2.36. The van der Waals surface area contributed by atoms with Gasteiger partial charge in [0.2, 0.25) is 0 Å². The molecule has 0 radical (unpaired) electrons. The third-order valence-electron chi connectivity index (χ3n) is 2.36. The first-order chi connectivity index (χ1) is 7.15. The van der Waals surface area contributed by atoms with E-state index in [4.69, 9.17) is 10.4 Å². The Labute approximate surface area is 87.0 Å². The zero-order valence-corrected chi connectivity index (χ0v) is 8.18. The molecule has 82 valence electrons. The first-order valence-corrected chi connectivity index (χ1v) is 4.66. The molecule has 0 unspecified atom stereocenters. The summed E-state index contributed by atoms with van der Waals surface area (Å²) in [7, 11) is 0. The number of carbonyl (C=O) groups is 2. The molecule has 0 aromatic carbocycles. The second-order valence-electron chi connectivity index (χ2n) is 3.31. The Morgan fingerprint density at radius 3 is 2.53 bits per heavy atom. The highest BCUT2D eigenvalue weighted by molar-refractivity contribution is 5.71. The van der Waals surface area contributed by atoms with Crippen molar-refractivity contribution < 1.29 is 19.4 Å². The number of hydrogen-bond acceptors (Lipinski definition) is 4. The number of nitriles is 1. The number of hydrogen-bond donors (Lipinski definition) is 1. The van der Waals surface area contributed by atoms with Gasteiger partial charge in [0, 0.05) is 13.1 Å². The smallest absolute Gasteiger partial charge is 0.410 e. The summed E-state index contributed by atoms with van der Waals surface area (Å²) in [6, 6.07) is 1.70. The van der Waals surface area contributed by atoms with Crippen molar-refractivity contribution in [3.63, 3.8) is 0 Å². The zero-order chi connectivity index (χ0) is 11.3. The molecule has 0 spiro atoms. The van der Waals surface area contributed by atoms with Crippen LogP contribution in [0.4, 0.5) is 4.79 Å². The van der Waals surface area contributed by atoms with Gasteiger partial charge < -0.3 is 14.7 Å². The number of rotatable bonds is 2. The number of ether oxygens (including phenoxy) is 1. The number of amides is 1. The molecule has 1 N–H and O–H groups in total. The summed E-state index contributed by atoms with van der Waals surface area (Å²) < 4.78 is 4.60. The summed E-state index contributed by atoms with van der Waals surface area (Å²) in [6.45, 7) is 0.486. The summed E-state index contributed by atoms with van der Waals surface area (Å²) in [5.41, 5.74) is 0. The van der Waals surface area contributed by atoms with Crippen molar-refractivity contribution in [3.05, 3.63) is 0 Å². The van der Waals surface area contributed by atoms with Crippen molar-refractivity contribution >= 4 is 12.1 Å². The molecule has 6 nitrogen and oxygen atoms in total. The topological polar surface area (TPSA) is 90.6 Å². The van der Waals surface area contributed by atoms with Crippen LogP contribution in [0.1, 0.15) is 12.8 Å². The SMILES string of the molecule is N#CCOC(=O)N1CCC(C(=O)O)CC1. The predicted octanol–water partition coefficient (Wildman–Crippen LogP) is 0.443. The minimum atomic E-state index is -0.819. The van der Waals surface area contributed by atoms with Gasteiger partial charge in [0.25, 0.3) is 0 Å². The lowest BCUT2D eigenvalue weighted by atomic mass is 9.97. The van der Waals surface area contributed by atoms with Gasteiger partial charge >= 0.3 is 12.1 Å². The van der Waals surface area contributed by atoms with E-state index in [2.05, 4.69) is 4.74 Å². The van der Waals surface area contributed by atoms with E-state index in [1.54, 1.807) is 6.07 Å². The van der Waals surface area contributed by atoms with Crippen LogP contribution in [0.3, 0.4) is 0 Å². The maximum atomic E-state index is 11.2. The third kappa shape index (κ3) is 3.13. The second-order valence-corrected chi connectivity index (χ2v) is 3.31. The fourth-order valence-corrected chi connectivity index (χ4v) is 1.49. The molecule has 1 fully saturated rings. The van der Waals surface area contributed by atoms with Gasteiger partial charge in [-0.15, -0.1) is 0 Å². The Morgan fingerprint density at radius 2 is 2.07 bits per heavy atom. The predicted molar refractivity (Wildman–Crippen MR) is 48.9 cm³/mol. The standard InChI is InChI=1S/C9H12N2O4/c10-3-6-15-9(14)11-4-1-7(2-5-11)8(12)13/h7H,1-2,4-6H2,(H,12,13). The van der Waals surface area contributed by atoms with Crippen molar-refractivity contribution in [1.82, 2.24) is 4.90 Å². The van der Waals surface area contributed by atoms with Crippen LogP contribution in [-0.2, 0) is 9.53 Å². The van der Waals surface area contributed by atoms with Gasteiger partial charge in [-0.25, -0.2) is 4.79 Å². The van der Waals surface area contributed by atoms with Crippen molar-refractivity contribution in [2.75, 3.05) is 19.7 Å². The van der Waals surface area contributed by atoms with E-state index in [1.807, 2.05) is 0 Å². The Hall–Kier alpha value is -1.77. The maximum Gasteiger partial charge on any atom is 0.410 e. The second kappa shape index (κ2) is 5.20. The average Bonchev–Trinajstić information content (AvgIpc) is 2.26. The lowest BCUT2D eigenvalue weighted by molar-refractivity contribution is -0.143. The van der Waals surface area contributed by atoms with Crippen LogP contribution < -0.4 is 0 Å². The zero-order valence-electron chi connectivity index (χ0n) is 8.18. The Bertz CT molecular complexity index is 289. The van der Waals surface area contributed by atoms with Crippen LogP contribution in [0.2, 0.25) is 0 Å². The number of carbonyl (C=O) groups excluding carboxylic acids is 1. The van der Waals surface area contributed by atoms with E-state index < -0.39 is 12.1 Å². The maximum absolute atomic E-state index is 11.2. The van der Waals surface area contributed by atoms with Crippen molar-refractivity contribution in [2.45, 2.75) is 12.8 Å². The Kier molecular flexibility index (Phi) is 3.92. The van der Waals surface area contributed by atoms with Crippen LogP contribution in [0.15, 0.2) is 0 Å². The quantitative estimate of drug-likeness (QED) is 0.717. The van der Waals surface area contributed by atoms with Gasteiger partial charge in [0.15, 0.2) is 6.61 Å². The molecule has 1 rings (SSSR count). The molecule has 1 saturated heterocycles. The molecule has 0 bridgehead atoms. The summed E-state index contributed by atoms with van der Waals surface area (Å²) in [6.07, 6.45) is 0.342. The van der Waals surface area contributed by atoms with E-state index in [9.17, 15) is 9.59 Å². The number of aliphatic carboxylic acids is 1. The first-order valence-electron chi connectivity index (χ1n) is 4.66. The summed E-state index contributed by atoms with van der Waals surface area (Å²) >= 11 is 0. The number of nitrogens with zero attached hydrogens (tertiary/aromatic N) is 2. The highest BCUT2D eigenvalue weighted by Gasteiger charge is 2.27.